The molecule has 0 aromatic carbocycles. The van der Waals surface area contributed by atoms with E-state index in [2.05, 4.69) is 118 Å². The molecule has 6 heteroatoms. The van der Waals surface area contributed by atoms with Crippen molar-refractivity contribution in [3.8, 4) is 0 Å². The van der Waals surface area contributed by atoms with Gasteiger partial charge in [0.25, 0.3) is 0 Å². The number of carbonyl (C=O) groups is 3. The van der Waals surface area contributed by atoms with Gasteiger partial charge in [0, 0.05) is 19.3 Å². The van der Waals surface area contributed by atoms with Crippen molar-refractivity contribution < 1.29 is 28.6 Å². The molecule has 0 fully saturated rings. The van der Waals surface area contributed by atoms with Gasteiger partial charge in [-0.05, 0) is 103 Å². The summed E-state index contributed by atoms with van der Waals surface area (Å²) in [6, 6.07) is 0. The van der Waals surface area contributed by atoms with Gasteiger partial charge in [0.2, 0.25) is 0 Å². The average Bonchev–Trinajstić information content (AvgIpc) is 3.36. The van der Waals surface area contributed by atoms with E-state index in [9.17, 15) is 14.4 Å². The molecule has 0 aliphatic heterocycles. The van der Waals surface area contributed by atoms with Crippen molar-refractivity contribution in [1.82, 2.24) is 0 Å². The summed E-state index contributed by atoms with van der Waals surface area (Å²) in [5, 5.41) is 0. The number of esters is 3. The Morgan fingerprint density at radius 2 is 0.557 bits per heavy atom. The van der Waals surface area contributed by atoms with Gasteiger partial charge in [-0.1, -0.05) is 246 Å². The minimum Gasteiger partial charge on any atom is -0.462 e. The minimum atomic E-state index is -0.787. The number of allylic oxidation sites excluding steroid dienone is 16. The van der Waals surface area contributed by atoms with Gasteiger partial charge in [-0.15, -0.1) is 0 Å². The fourth-order valence-corrected chi connectivity index (χ4v) is 7.95. The van der Waals surface area contributed by atoms with Crippen LogP contribution in [0.15, 0.2) is 97.2 Å². The molecule has 0 saturated heterocycles. The highest BCUT2D eigenvalue weighted by molar-refractivity contribution is 5.71. The molecule has 1 atom stereocenters. The van der Waals surface area contributed by atoms with E-state index in [1.807, 2.05) is 0 Å². The van der Waals surface area contributed by atoms with Crippen molar-refractivity contribution in [2.75, 3.05) is 13.2 Å². The Balaban J connectivity index is 4.28. The molecule has 0 aromatic rings. The molecule has 0 bridgehead atoms. The topological polar surface area (TPSA) is 78.9 Å². The Hall–Kier alpha value is -3.67. The highest BCUT2D eigenvalue weighted by Gasteiger charge is 2.19. The lowest BCUT2D eigenvalue weighted by atomic mass is 10.1. The molecule has 0 aliphatic carbocycles. The van der Waals surface area contributed by atoms with E-state index in [1.54, 1.807) is 0 Å². The van der Waals surface area contributed by atoms with Gasteiger partial charge in [0.05, 0.1) is 0 Å². The van der Waals surface area contributed by atoms with Crippen LogP contribution < -0.4 is 0 Å². The second-order valence-corrected chi connectivity index (χ2v) is 19.2. The molecular formula is C64H108O6. The van der Waals surface area contributed by atoms with Crippen LogP contribution in [0.4, 0.5) is 0 Å². The van der Waals surface area contributed by atoms with E-state index in [0.29, 0.717) is 19.3 Å². The van der Waals surface area contributed by atoms with Crippen molar-refractivity contribution in [3.05, 3.63) is 97.2 Å². The largest absolute Gasteiger partial charge is 0.462 e. The van der Waals surface area contributed by atoms with Crippen LogP contribution in [-0.4, -0.2) is 37.2 Å². The van der Waals surface area contributed by atoms with Gasteiger partial charge in [0.1, 0.15) is 13.2 Å². The molecule has 0 radical (unpaired) electrons. The standard InChI is InChI=1S/C64H108O6/c1-4-7-10-13-16-19-22-24-26-27-28-29-30-31-32-33-34-35-36-37-39-40-42-45-48-51-54-57-63(66)69-60-61(59-68-62(65)56-53-50-47-44-21-18-15-12-9-6-3)70-64(67)58-55-52-49-46-43-41-38-25-23-20-17-14-11-8-5-2/h7,10,16-17,19-20,24-26,28-29,31-32,34-35,38,61H,4-6,8-9,11-15,18,21-23,27,30,33,36-37,39-60H2,1-3H3/b10-7-,19-16-,20-17-,26-24-,29-28-,32-31-,35-34-,38-25-. The number of rotatable bonds is 52. The molecule has 0 heterocycles. The molecular weight excluding hydrogens is 865 g/mol. The van der Waals surface area contributed by atoms with Crippen molar-refractivity contribution in [1.29, 1.82) is 0 Å². The average molecular weight is 974 g/mol. The summed E-state index contributed by atoms with van der Waals surface area (Å²) in [6.45, 7) is 6.47. The van der Waals surface area contributed by atoms with Gasteiger partial charge >= 0.3 is 17.9 Å². The van der Waals surface area contributed by atoms with Gasteiger partial charge in [-0.3, -0.25) is 14.4 Å². The van der Waals surface area contributed by atoms with E-state index in [-0.39, 0.29) is 31.1 Å². The third-order valence-electron chi connectivity index (χ3n) is 12.3. The highest BCUT2D eigenvalue weighted by Crippen LogP contribution is 2.15. The second kappa shape index (κ2) is 57.9. The van der Waals surface area contributed by atoms with E-state index < -0.39 is 6.10 Å². The Labute approximate surface area is 432 Å². The maximum Gasteiger partial charge on any atom is 0.306 e. The van der Waals surface area contributed by atoms with Crippen molar-refractivity contribution >= 4 is 17.9 Å². The quantitative estimate of drug-likeness (QED) is 0.0262. The number of unbranched alkanes of at least 4 members (excludes halogenated alkanes) is 25. The van der Waals surface area contributed by atoms with Crippen LogP contribution in [0, 0.1) is 0 Å². The molecule has 70 heavy (non-hydrogen) atoms. The number of ether oxygens (including phenoxy) is 3. The molecule has 0 rings (SSSR count). The van der Waals surface area contributed by atoms with Crippen LogP contribution in [0.3, 0.4) is 0 Å². The summed E-state index contributed by atoms with van der Waals surface area (Å²) < 4.78 is 16.8. The van der Waals surface area contributed by atoms with Crippen LogP contribution >= 0.6 is 0 Å². The third-order valence-corrected chi connectivity index (χ3v) is 12.3. The Morgan fingerprint density at radius 1 is 0.300 bits per heavy atom. The molecule has 1 unspecified atom stereocenters. The smallest absolute Gasteiger partial charge is 0.306 e. The normalized spacial score (nSPS) is 12.8. The first-order valence-electron chi connectivity index (χ1n) is 29.2. The summed E-state index contributed by atoms with van der Waals surface area (Å²) in [5.41, 5.74) is 0. The van der Waals surface area contributed by atoms with Gasteiger partial charge in [-0.25, -0.2) is 0 Å². The molecule has 0 N–H and O–H groups in total. The zero-order valence-corrected chi connectivity index (χ0v) is 45.8. The summed E-state index contributed by atoms with van der Waals surface area (Å²) in [5.74, 6) is -0.905. The summed E-state index contributed by atoms with van der Waals surface area (Å²) in [6.07, 6.45) is 76.9. The van der Waals surface area contributed by atoms with E-state index >= 15 is 0 Å². The molecule has 0 aromatic heterocycles. The van der Waals surface area contributed by atoms with Crippen molar-refractivity contribution in [3.63, 3.8) is 0 Å². The maximum atomic E-state index is 12.8. The minimum absolute atomic E-state index is 0.0842. The van der Waals surface area contributed by atoms with Crippen LogP contribution in [0.2, 0.25) is 0 Å². The zero-order valence-electron chi connectivity index (χ0n) is 45.8. The van der Waals surface area contributed by atoms with Crippen LogP contribution in [0.5, 0.6) is 0 Å². The lowest BCUT2D eigenvalue weighted by Crippen LogP contribution is -2.30. The van der Waals surface area contributed by atoms with Crippen LogP contribution in [0.1, 0.15) is 271 Å². The van der Waals surface area contributed by atoms with Crippen molar-refractivity contribution in [2.45, 2.75) is 277 Å². The number of hydrogen-bond donors (Lipinski definition) is 0. The third kappa shape index (κ3) is 55.3. The molecule has 0 spiro atoms. The van der Waals surface area contributed by atoms with E-state index in [4.69, 9.17) is 14.2 Å². The Bertz CT molecular complexity index is 1400. The molecule has 6 nitrogen and oxygen atoms in total. The molecule has 0 amide bonds. The fraction of sp³-hybridized carbons (Fsp3) is 0.703. The first kappa shape index (κ1) is 66.3. The summed E-state index contributed by atoms with van der Waals surface area (Å²) in [7, 11) is 0. The van der Waals surface area contributed by atoms with E-state index in [1.165, 1.54) is 103 Å². The second-order valence-electron chi connectivity index (χ2n) is 19.2. The lowest BCUT2D eigenvalue weighted by molar-refractivity contribution is -0.167. The first-order valence-corrected chi connectivity index (χ1v) is 29.2. The molecule has 0 aliphatic rings. The summed E-state index contributed by atoms with van der Waals surface area (Å²) in [4.78, 5) is 38.1. The predicted octanol–water partition coefficient (Wildman–Crippen LogP) is 19.7. The predicted molar refractivity (Wildman–Crippen MR) is 302 cm³/mol. The lowest BCUT2D eigenvalue weighted by Gasteiger charge is -2.18. The molecule has 400 valence electrons. The molecule has 0 saturated carbocycles. The van der Waals surface area contributed by atoms with Crippen LogP contribution in [0.25, 0.3) is 0 Å². The monoisotopic (exact) mass is 973 g/mol. The fourth-order valence-electron chi connectivity index (χ4n) is 7.95. The number of carbonyl (C=O) groups excluding carboxylic acids is 3. The highest BCUT2D eigenvalue weighted by atomic mass is 16.6. The Kier molecular flexibility index (Phi) is 54.9. The van der Waals surface area contributed by atoms with Gasteiger partial charge in [-0.2, -0.15) is 0 Å². The maximum absolute atomic E-state index is 12.8. The zero-order chi connectivity index (χ0) is 50.7. The van der Waals surface area contributed by atoms with E-state index in [0.717, 1.165) is 128 Å². The summed E-state index contributed by atoms with van der Waals surface area (Å²) >= 11 is 0. The van der Waals surface area contributed by atoms with Crippen LogP contribution in [-0.2, 0) is 28.6 Å². The SMILES string of the molecule is CC/C=C\C/C=C\C/C=C\C/C=C\C/C=C\C/C=C\CCCCCCCCCCC(=O)OCC(COC(=O)CCCCCCCCCCCC)OC(=O)CCCCCCC/C=C\C/C=C\CCCCC. The Morgan fingerprint density at radius 3 is 0.900 bits per heavy atom. The first-order chi connectivity index (χ1) is 34.5. The van der Waals surface area contributed by atoms with Gasteiger partial charge in [0.15, 0.2) is 6.10 Å². The van der Waals surface area contributed by atoms with Crippen molar-refractivity contribution in [2.24, 2.45) is 0 Å². The number of hydrogen-bond acceptors (Lipinski definition) is 6. The van der Waals surface area contributed by atoms with Gasteiger partial charge < -0.3 is 14.2 Å².